The van der Waals surface area contributed by atoms with Crippen LogP contribution < -0.4 is 0 Å². The van der Waals surface area contributed by atoms with Crippen molar-refractivity contribution in [2.75, 3.05) is 14.1 Å². The van der Waals surface area contributed by atoms with E-state index in [1.165, 1.54) is 55.5 Å². The highest BCUT2D eigenvalue weighted by Gasteiger charge is 2.36. The van der Waals surface area contributed by atoms with Crippen LogP contribution in [0.15, 0.2) is 55.5 Å². The van der Waals surface area contributed by atoms with Crippen LogP contribution in [0.5, 0.6) is 0 Å². The van der Waals surface area contributed by atoms with Crippen molar-refractivity contribution >= 4 is 60.2 Å². The number of sulfonamides is 2. The minimum atomic E-state index is -4.14. The Morgan fingerprint density at radius 3 is 2.25 bits per heavy atom. The summed E-state index contributed by atoms with van der Waals surface area (Å²) < 4.78 is 56.2. The number of hydrogen-bond donors (Lipinski definition) is 0. The zero-order chi connectivity index (χ0) is 20.9. The lowest BCUT2D eigenvalue weighted by Crippen LogP contribution is -2.45. The molecule has 7 nitrogen and oxygen atoms in total. The van der Waals surface area contributed by atoms with Crippen molar-refractivity contribution in [3.05, 3.63) is 52.0 Å². The Labute approximate surface area is 178 Å². The first-order valence-electron chi connectivity index (χ1n) is 7.74. The number of benzene rings is 2. The summed E-state index contributed by atoms with van der Waals surface area (Å²) in [6.45, 7) is 1.68. The first-order valence-corrected chi connectivity index (χ1v) is 12.2. The van der Waals surface area contributed by atoms with E-state index in [0.717, 1.165) is 16.2 Å². The predicted molar refractivity (Wildman–Crippen MR) is 111 cm³/mol. The Hall–Kier alpha value is -1.30. The molecular formula is C16H15Cl2N3O4S3. The van der Waals surface area contributed by atoms with Gasteiger partial charge in [0.15, 0.2) is 0 Å². The predicted octanol–water partition coefficient (Wildman–Crippen LogP) is 3.62. The Morgan fingerprint density at radius 2 is 1.68 bits per heavy atom. The Bertz CT molecular complexity index is 1180. The van der Waals surface area contributed by atoms with E-state index in [2.05, 4.69) is 4.40 Å². The molecule has 0 radical (unpaired) electrons. The van der Waals surface area contributed by atoms with Gasteiger partial charge >= 0.3 is 0 Å². The number of thioether (sulfide) groups is 1. The molecule has 0 saturated heterocycles. The Balaban J connectivity index is 2.15. The molecule has 2 aromatic rings. The molecule has 0 spiro atoms. The normalized spacial score (nSPS) is 15.9. The quantitative estimate of drug-likeness (QED) is 0.624. The monoisotopic (exact) mass is 479 g/mol. The fourth-order valence-electron chi connectivity index (χ4n) is 2.46. The topological polar surface area (TPSA) is 87.1 Å². The highest BCUT2D eigenvalue weighted by molar-refractivity contribution is 8.16. The van der Waals surface area contributed by atoms with Gasteiger partial charge in [-0.25, -0.2) is 5.01 Å². The van der Waals surface area contributed by atoms with Crippen LogP contribution in [0.2, 0.25) is 10.0 Å². The van der Waals surface area contributed by atoms with Gasteiger partial charge in [0.1, 0.15) is 4.90 Å². The fourth-order valence-corrected chi connectivity index (χ4v) is 7.30. The molecule has 150 valence electrons. The molecule has 12 heteroatoms. The van der Waals surface area contributed by atoms with Gasteiger partial charge in [-0.1, -0.05) is 23.2 Å². The number of hydrazine groups is 1. The van der Waals surface area contributed by atoms with Crippen molar-refractivity contribution in [2.24, 2.45) is 4.40 Å². The SMILES string of the molecule is Cc1cc2c(cc1Cl)SC(N(N(C)C)S(=O)(=O)c1ccc(Cl)cc1)=NS2(=O)=O. The number of rotatable bonds is 3. The van der Waals surface area contributed by atoms with Gasteiger partial charge in [0.25, 0.3) is 20.0 Å². The lowest BCUT2D eigenvalue weighted by Gasteiger charge is -2.31. The maximum Gasteiger partial charge on any atom is 0.285 e. The summed E-state index contributed by atoms with van der Waals surface area (Å²) in [5.41, 5.74) is 0.585. The van der Waals surface area contributed by atoms with Crippen molar-refractivity contribution in [3.63, 3.8) is 0 Å². The summed E-state index contributed by atoms with van der Waals surface area (Å²) in [7, 11) is -5.29. The lowest BCUT2D eigenvalue weighted by atomic mass is 10.2. The van der Waals surface area contributed by atoms with Gasteiger partial charge in [0.05, 0.1) is 4.90 Å². The van der Waals surface area contributed by atoms with Crippen molar-refractivity contribution in [2.45, 2.75) is 21.6 Å². The second-order valence-electron chi connectivity index (χ2n) is 6.05. The van der Waals surface area contributed by atoms with E-state index in [1.807, 2.05) is 0 Å². The number of amidine groups is 1. The number of aryl methyl sites for hydroxylation is 1. The average molecular weight is 480 g/mol. The lowest BCUT2D eigenvalue weighted by molar-refractivity contribution is 0.215. The molecule has 1 aliphatic heterocycles. The molecule has 0 saturated carbocycles. The van der Waals surface area contributed by atoms with Gasteiger partial charge in [-0.3, -0.25) is 0 Å². The maximum atomic E-state index is 13.2. The maximum absolute atomic E-state index is 13.2. The zero-order valence-electron chi connectivity index (χ0n) is 14.9. The van der Waals surface area contributed by atoms with Gasteiger partial charge in [-0.2, -0.15) is 21.2 Å². The fraction of sp³-hybridized carbons (Fsp3) is 0.188. The molecule has 0 unspecified atom stereocenters. The van der Waals surface area contributed by atoms with Gasteiger partial charge in [0, 0.05) is 29.0 Å². The molecule has 1 aliphatic rings. The third-order valence-corrected chi connectivity index (χ3v) is 8.92. The standard InChI is InChI=1S/C16H15Cl2N3O4S3/c1-10-8-15-14(9-13(10)18)26-16(19-27(15,22)23)21(20(2)3)28(24,25)12-6-4-11(17)5-7-12/h4-9H,1-3H3. The molecule has 0 aromatic heterocycles. The van der Waals surface area contributed by atoms with Crippen LogP contribution in [0.25, 0.3) is 0 Å². The van der Waals surface area contributed by atoms with Crippen LogP contribution in [0.1, 0.15) is 5.56 Å². The molecule has 3 rings (SSSR count). The van der Waals surface area contributed by atoms with Gasteiger partial charge in [-0.05, 0) is 60.6 Å². The van der Waals surface area contributed by atoms with Gasteiger partial charge in [0.2, 0.25) is 5.17 Å². The number of fused-ring (bicyclic) bond motifs is 1. The van der Waals surface area contributed by atoms with Crippen LogP contribution in [0.4, 0.5) is 0 Å². The smallest absolute Gasteiger partial charge is 0.211 e. The summed E-state index contributed by atoms with van der Waals surface area (Å²) >= 11 is 12.9. The minimum Gasteiger partial charge on any atom is -0.211 e. The summed E-state index contributed by atoms with van der Waals surface area (Å²) in [5, 5.41) is 1.76. The molecule has 0 amide bonds. The van der Waals surface area contributed by atoms with E-state index in [9.17, 15) is 16.8 Å². The van der Waals surface area contributed by atoms with Gasteiger partial charge in [-0.15, -0.1) is 4.40 Å². The van der Waals surface area contributed by atoms with Crippen LogP contribution in [-0.2, 0) is 20.0 Å². The van der Waals surface area contributed by atoms with Crippen LogP contribution in [0.3, 0.4) is 0 Å². The third kappa shape index (κ3) is 3.89. The summed E-state index contributed by atoms with van der Waals surface area (Å²) in [6.07, 6.45) is 0. The van der Waals surface area contributed by atoms with E-state index in [4.69, 9.17) is 23.2 Å². The summed E-state index contributed by atoms with van der Waals surface area (Å²) in [6, 6.07) is 8.47. The molecule has 0 fully saturated rings. The third-order valence-electron chi connectivity index (χ3n) is 3.77. The van der Waals surface area contributed by atoms with Crippen LogP contribution >= 0.6 is 35.0 Å². The largest absolute Gasteiger partial charge is 0.285 e. The molecule has 2 aromatic carbocycles. The highest BCUT2D eigenvalue weighted by Crippen LogP contribution is 2.39. The first-order chi connectivity index (χ1) is 12.9. The van der Waals surface area contributed by atoms with Crippen LogP contribution in [-0.4, -0.2) is 45.5 Å². The molecule has 0 bridgehead atoms. The van der Waals surface area contributed by atoms with Crippen molar-refractivity contribution in [1.29, 1.82) is 0 Å². The molecule has 0 atom stereocenters. The molecule has 1 heterocycles. The minimum absolute atomic E-state index is 0.00857. The summed E-state index contributed by atoms with van der Waals surface area (Å²) in [5.74, 6) is 0. The second kappa shape index (κ2) is 7.51. The van der Waals surface area contributed by atoms with Crippen molar-refractivity contribution in [1.82, 2.24) is 9.42 Å². The van der Waals surface area contributed by atoms with Crippen molar-refractivity contribution < 1.29 is 16.8 Å². The van der Waals surface area contributed by atoms with E-state index in [1.54, 1.807) is 6.92 Å². The highest BCUT2D eigenvalue weighted by atomic mass is 35.5. The molecule has 28 heavy (non-hydrogen) atoms. The number of hydrogen-bond acceptors (Lipinski definition) is 6. The second-order valence-corrected chi connectivity index (χ2v) is 11.2. The molecule has 0 aliphatic carbocycles. The van der Waals surface area contributed by atoms with Crippen LogP contribution in [0, 0.1) is 6.92 Å². The average Bonchev–Trinajstić information content (AvgIpc) is 2.56. The molecular weight excluding hydrogens is 465 g/mol. The first kappa shape index (κ1) is 21.4. The number of nitrogens with zero attached hydrogens (tertiary/aromatic N) is 3. The van der Waals surface area contributed by atoms with E-state index < -0.39 is 20.0 Å². The molecule has 0 N–H and O–H groups in total. The zero-order valence-corrected chi connectivity index (χ0v) is 18.9. The summed E-state index contributed by atoms with van der Waals surface area (Å²) in [4.78, 5) is 0.239. The Kier molecular flexibility index (Phi) is 5.74. The van der Waals surface area contributed by atoms with Gasteiger partial charge < -0.3 is 0 Å². The Morgan fingerprint density at radius 1 is 1.07 bits per heavy atom. The van der Waals surface area contributed by atoms with E-state index in [-0.39, 0.29) is 15.0 Å². The van der Waals surface area contributed by atoms with E-state index in [0.29, 0.717) is 20.5 Å². The van der Waals surface area contributed by atoms with E-state index >= 15 is 0 Å². The number of halogens is 2. The van der Waals surface area contributed by atoms with Crippen molar-refractivity contribution in [3.8, 4) is 0 Å².